The minimum Gasteiger partial charge on any atom is -0.223 e. The van der Waals surface area contributed by atoms with E-state index in [4.69, 9.17) is 0 Å². The van der Waals surface area contributed by atoms with Gasteiger partial charge < -0.3 is 0 Å². The molecule has 0 saturated carbocycles. The van der Waals surface area contributed by atoms with Crippen LogP contribution in [0.25, 0.3) is 0 Å². The van der Waals surface area contributed by atoms with Crippen molar-refractivity contribution >= 4 is 19.9 Å². The Balaban J connectivity index is 1.81. The van der Waals surface area contributed by atoms with Gasteiger partial charge in [0.1, 0.15) is 0 Å². The largest absolute Gasteiger partial charge is 0.243 e. The lowest BCUT2D eigenvalue weighted by Crippen LogP contribution is -2.32. The van der Waals surface area contributed by atoms with Crippen LogP contribution in [0, 0.1) is 0 Å². The summed E-state index contributed by atoms with van der Waals surface area (Å²) in [4.78, 5) is 0.449. The van der Waals surface area contributed by atoms with Gasteiger partial charge in [-0.25, -0.2) is 16.8 Å². The third kappa shape index (κ3) is 3.56. The van der Waals surface area contributed by atoms with Crippen molar-refractivity contribution < 1.29 is 16.8 Å². The Morgan fingerprint density at radius 2 is 1.50 bits per heavy atom. The van der Waals surface area contributed by atoms with E-state index in [1.54, 1.807) is 42.5 Å². The van der Waals surface area contributed by atoms with Gasteiger partial charge in [0.15, 0.2) is 9.84 Å². The van der Waals surface area contributed by atoms with E-state index < -0.39 is 25.1 Å². The zero-order valence-electron chi connectivity index (χ0n) is 14.9. The molecule has 0 spiro atoms. The topological polar surface area (TPSA) is 71.5 Å². The Kier molecular flexibility index (Phi) is 5.23. The van der Waals surface area contributed by atoms with Crippen molar-refractivity contribution in [3.8, 4) is 0 Å². The molecule has 1 heterocycles. The Bertz CT molecular complexity index is 966. The van der Waals surface area contributed by atoms with Gasteiger partial charge >= 0.3 is 0 Å². The highest BCUT2D eigenvalue weighted by atomic mass is 32.2. The zero-order valence-corrected chi connectivity index (χ0v) is 16.5. The molecule has 0 aliphatic carbocycles. The number of benzene rings is 2. The lowest BCUT2D eigenvalue weighted by Gasteiger charge is -2.17. The molecular weight excluding hydrogens is 370 g/mol. The fourth-order valence-corrected chi connectivity index (χ4v) is 6.45. The molecule has 2 aromatic rings. The van der Waals surface area contributed by atoms with E-state index in [2.05, 4.69) is 0 Å². The summed E-state index contributed by atoms with van der Waals surface area (Å²) >= 11 is 0. The van der Waals surface area contributed by atoms with Gasteiger partial charge in [-0.05, 0) is 42.2 Å². The first-order valence-corrected chi connectivity index (χ1v) is 11.6. The van der Waals surface area contributed by atoms with Crippen molar-refractivity contribution in [2.75, 3.05) is 13.1 Å². The fourth-order valence-electron chi connectivity index (χ4n) is 3.15. The number of hydrogen-bond donors (Lipinski definition) is 0. The summed E-state index contributed by atoms with van der Waals surface area (Å²) < 4.78 is 52.5. The molecule has 0 amide bonds. The quantitative estimate of drug-likeness (QED) is 0.783. The highest BCUT2D eigenvalue weighted by molar-refractivity contribution is 7.92. The molecule has 1 saturated heterocycles. The molecular formula is C19H23NO4S2. The summed E-state index contributed by atoms with van der Waals surface area (Å²) in [6.07, 6.45) is 0.306. The van der Waals surface area contributed by atoms with Crippen molar-refractivity contribution in [3.05, 3.63) is 60.2 Å². The average Bonchev–Trinajstić information content (AvgIpc) is 3.14. The Morgan fingerprint density at radius 1 is 0.885 bits per heavy atom. The summed E-state index contributed by atoms with van der Waals surface area (Å²) in [5.74, 6) is 0.318. The van der Waals surface area contributed by atoms with Gasteiger partial charge in [0.2, 0.25) is 10.0 Å². The molecule has 0 radical (unpaired) electrons. The van der Waals surface area contributed by atoms with Crippen LogP contribution in [0.5, 0.6) is 0 Å². The Labute approximate surface area is 155 Å². The van der Waals surface area contributed by atoms with Crippen molar-refractivity contribution in [1.82, 2.24) is 4.31 Å². The monoisotopic (exact) mass is 393 g/mol. The molecule has 1 aliphatic heterocycles. The van der Waals surface area contributed by atoms with Crippen LogP contribution in [0.1, 0.15) is 31.7 Å². The normalized spacial score (nSPS) is 19.1. The second-order valence-electron chi connectivity index (χ2n) is 6.86. The number of sulfonamides is 1. The van der Waals surface area contributed by atoms with Crippen LogP contribution in [0.2, 0.25) is 0 Å². The number of nitrogens with zero attached hydrogens (tertiary/aromatic N) is 1. The van der Waals surface area contributed by atoms with Crippen LogP contribution < -0.4 is 0 Å². The van der Waals surface area contributed by atoms with Crippen LogP contribution >= 0.6 is 0 Å². The van der Waals surface area contributed by atoms with Gasteiger partial charge in [0.25, 0.3) is 0 Å². The predicted octanol–water partition coefficient (Wildman–Crippen LogP) is 3.05. The molecule has 0 bridgehead atoms. The molecule has 1 atom stereocenters. The van der Waals surface area contributed by atoms with Crippen molar-refractivity contribution in [2.45, 2.75) is 41.2 Å². The number of hydrogen-bond acceptors (Lipinski definition) is 4. The molecule has 1 aliphatic rings. The molecule has 1 unspecified atom stereocenters. The van der Waals surface area contributed by atoms with E-state index in [0.717, 1.165) is 5.56 Å². The molecule has 0 aromatic heterocycles. The molecule has 26 heavy (non-hydrogen) atoms. The van der Waals surface area contributed by atoms with E-state index in [9.17, 15) is 16.8 Å². The second-order valence-corrected chi connectivity index (χ2v) is 11.0. The van der Waals surface area contributed by atoms with E-state index in [1.807, 2.05) is 26.0 Å². The third-order valence-corrected chi connectivity index (χ3v) is 8.87. The van der Waals surface area contributed by atoms with Crippen LogP contribution in [0.4, 0.5) is 0 Å². The summed E-state index contributed by atoms with van der Waals surface area (Å²) in [7, 11) is -7.23. The summed E-state index contributed by atoms with van der Waals surface area (Å²) in [5, 5.41) is -0.713. The highest BCUT2D eigenvalue weighted by Crippen LogP contribution is 2.28. The highest BCUT2D eigenvalue weighted by Gasteiger charge is 2.39. The first-order valence-electron chi connectivity index (χ1n) is 8.62. The molecule has 5 nitrogen and oxygen atoms in total. The average molecular weight is 394 g/mol. The van der Waals surface area contributed by atoms with Gasteiger partial charge in [-0.3, -0.25) is 0 Å². The van der Waals surface area contributed by atoms with Crippen molar-refractivity contribution in [3.63, 3.8) is 0 Å². The maximum atomic E-state index is 12.9. The first-order chi connectivity index (χ1) is 12.2. The molecule has 3 rings (SSSR count). The first kappa shape index (κ1) is 19.1. The maximum Gasteiger partial charge on any atom is 0.243 e. The summed E-state index contributed by atoms with van der Waals surface area (Å²) in [6, 6.07) is 15.0. The maximum absolute atomic E-state index is 12.9. The molecule has 1 fully saturated rings. The van der Waals surface area contributed by atoms with Gasteiger partial charge in [-0.15, -0.1) is 0 Å². The molecule has 2 aromatic carbocycles. The van der Waals surface area contributed by atoms with E-state index in [-0.39, 0.29) is 22.9 Å². The summed E-state index contributed by atoms with van der Waals surface area (Å²) in [5.41, 5.74) is 1.06. The van der Waals surface area contributed by atoms with E-state index >= 15 is 0 Å². The predicted molar refractivity (Wildman–Crippen MR) is 101 cm³/mol. The Morgan fingerprint density at radius 3 is 2.08 bits per heavy atom. The van der Waals surface area contributed by atoms with E-state index in [0.29, 0.717) is 12.3 Å². The standard InChI is InChI=1S/C19H23NO4S2/c1-15(2)16-8-10-18(11-9-16)26(23,24)20-13-12-19(14-20)25(21,22)17-6-4-3-5-7-17/h3-11,15,19H,12-14H2,1-2H3. The minimum atomic E-state index is -3.69. The molecule has 140 valence electrons. The lowest BCUT2D eigenvalue weighted by atomic mass is 10.0. The van der Waals surface area contributed by atoms with Crippen molar-refractivity contribution in [1.29, 1.82) is 0 Å². The van der Waals surface area contributed by atoms with Gasteiger partial charge in [0.05, 0.1) is 15.0 Å². The zero-order chi connectivity index (χ0) is 18.9. The van der Waals surface area contributed by atoms with Gasteiger partial charge in [-0.2, -0.15) is 4.31 Å². The van der Waals surface area contributed by atoms with Crippen molar-refractivity contribution in [2.24, 2.45) is 0 Å². The van der Waals surface area contributed by atoms with E-state index in [1.165, 1.54) is 4.31 Å². The Hall–Kier alpha value is -1.70. The van der Waals surface area contributed by atoms with Gasteiger partial charge in [0, 0.05) is 13.1 Å². The molecule has 0 N–H and O–H groups in total. The minimum absolute atomic E-state index is 0.00844. The van der Waals surface area contributed by atoms with Crippen LogP contribution in [0.3, 0.4) is 0 Å². The second kappa shape index (κ2) is 7.13. The van der Waals surface area contributed by atoms with Gasteiger partial charge in [-0.1, -0.05) is 44.2 Å². The number of rotatable bonds is 5. The lowest BCUT2D eigenvalue weighted by molar-refractivity contribution is 0.476. The molecule has 7 heteroatoms. The fraction of sp³-hybridized carbons (Fsp3) is 0.368. The SMILES string of the molecule is CC(C)c1ccc(S(=O)(=O)N2CCC(S(=O)(=O)c3ccccc3)C2)cc1. The van der Waals surface area contributed by atoms with Crippen LogP contribution in [-0.4, -0.2) is 39.5 Å². The smallest absolute Gasteiger partial charge is 0.223 e. The summed E-state index contributed by atoms with van der Waals surface area (Å²) in [6.45, 7) is 4.29. The number of sulfone groups is 1. The van der Waals surface area contributed by atoms with Crippen LogP contribution in [-0.2, 0) is 19.9 Å². The van der Waals surface area contributed by atoms with Crippen LogP contribution in [0.15, 0.2) is 64.4 Å². The third-order valence-electron chi connectivity index (χ3n) is 4.80.